The van der Waals surface area contributed by atoms with Crippen molar-refractivity contribution in [1.82, 2.24) is 0 Å². The molecule has 0 aromatic carbocycles. The molecule has 0 aromatic rings. The van der Waals surface area contributed by atoms with E-state index < -0.39 is 0 Å². The van der Waals surface area contributed by atoms with Crippen LogP contribution in [0.25, 0.3) is 0 Å². The third kappa shape index (κ3) is 1.18. The first kappa shape index (κ1) is 10.3. The monoisotopic (exact) mass is 230 g/mol. The fourth-order valence-corrected chi connectivity index (χ4v) is 5.77. The van der Waals surface area contributed by atoms with E-state index >= 15 is 0 Å². The van der Waals surface area contributed by atoms with E-state index in [1.165, 1.54) is 19.3 Å². The third-order valence-corrected chi connectivity index (χ3v) is 6.20. The summed E-state index contributed by atoms with van der Waals surface area (Å²) in [5, 5.41) is 0. The molecule has 0 saturated heterocycles. The molecule has 3 fully saturated rings. The molecule has 4 aliphatic carbocycles. The van der Waals surface area contributed by atoms with Gasteiger partial charge in [0.2, 0.25) is 0 Å². The molecule has 1 heteroatoms. The minimum absolute atomic E-state index is 0.243. The summed E-state index contributed by atoms with van der Waals surface area (Å²) in [4.78, 5) is 12.3. The Morgan fingerprint density at radius 3 is 2.47 bits per heavy atom. The van der Waals surface area contributed by atoms with Crippen LogP contribution in [0.5, 0.6) is 0 Å². The molecule has 7 unspecified atom stereocenters. The molecule has 0 aliphatic heterocycles. The predicted molar refractivity (Wildman–Crippen MR) is 67.3 cm³/mol. The van der Waals surface area contributed by atoms with Crippen LogP contribution in [0.3, 0.4) is 0 Å². The summed E-state index contributed by atoms with van der Waals surface area (Å²) < 4.78 is 0. The maximum atomic E-state index is 12.3. The van der Waals surface area contributed by atoms with Crippen molar-refractivity contribution in [1.29, 1.82) is 0 Å². The van der Waals surface area contributed by atoms with Crippen LogP contribution in [-0.2, 0) is 4.79 Å². The Labute approximate surface area is 104 Å². The van der Waals surface area contributed by atoms with E-state index in [4.69, 9.17) is 0 Å². The summed E-state index contributed by atoms with van der Waals surface area (Å²) in [6.45, 7) is 4.15. The fraction of sp³-hybridized carbons (Fsp3) is 0.812. The molecular formula is C16H22O. The lowest BCUT2D eigenvalue weighted by Crippen LogP contribution is -2.35. The van der Waals surface area contributed by atoms with Gasteiger partial charge in [0.25, 0.3) is 0 Å². The Morgan fingerprint density at radius 2 is 1.76 bits per heavy atom. The van der Waals surface area contributed by atoms with E-state index in [-0.39, 0.29) is 5.92 Å². The van der Waals surface area contributed by atoms with Crippen LogP contribution in [0, 0.1) is 47.3 Å². The molecule has 4 rings (SSSR count). The molecule has 4 bridgehead atoms. The Balaban J connectivity index is 1.63. The van der Waals surface area contributed by atoms with E-state index in [0.717, 1.165) is 35.5 Å². The summed E-state index contributed by atoms with van der Waals surface area (Å²) in [7, 11) is 0. The quantitative estimate of drug-likeness (QED) is 0.525. The number of hydrogen-bond acceptors (Lipinski definition) is 1. The lowest BCUT2D eigenvalue weighted by atomic mass is 9.67. The molecule has 1 nitrogen and oxygen atoms in total. The first-order valence-electron chi connectivity index (χ1n) is 7.39. The standard InChI is InChI=1S/C16H22O/c1-8(2)16(17)13-7-11-6-12(13)15-10-4-3-9(5-10)14(11)15/h3-4,8-15H,5-7H2,1-2H3. The first-order chi connectivity index (χ1) is 8.16. The number of Topliss-reactive ketones (excluding diaryl/α,β-unsaturated/α-hetero) is 1. The maximum Gasteiger partial charge on any atom is 0.138 e. The number of hydrogen-bond donors (Lipinski definition) is 0. The Kier molecular flexibility index (Phi) is 1.97. The number of allylic oxidation sites excluding steroid dienone is 2. The van der Waals surface area contributed by atoms with Gasteiger partial charge in [-0.2, -0.15) is 0 Å². The van der Waals surface area contributed by atoms with Crippen LogP contribution in [0.2, 0.25) is 0 Å². The van der Waals surface area contributed by atoms with Gasteiger partial charge >= 0.3 is 0 Å². The molecule has 0 radical (unpaired) electrons. The van der Waals surface area contributed by atoms with Crippen LogP contribution in [0.1, 0.15) is 33.1 Å². The highest BCUT2D eigenvalue weighted by Crippen LogP contribution is 2.67. The second kappa shape index (κ2) is 3.24. The number of fused-ring (bicyclic) bond motifs is 9. The van der Waals surface area contributed by atoms with Gasteiger partial charge in [0.05, 0.1) is 0 Å². The van der Waals surface area contributed by atoms with Gasteiger partial charge in [-0.3, -0.25) is 4.79 Å². The van der Waals surface area contributed by atoms with Crippen LogP contribution in [0.15, 0.2) is 12.2 Å². The topological polar surface area (TPSA) is 17.1 Å². The Bertz CT molecular complexity index is 394. The van der Waals surface area contributed by atoms with Gasteiger partial charge in [-0.05, 0) is 54.8 Å². The third-order valence-electron chi connectivity index (χ3n) is 6.20. The Morgan fingerprint density at radius 1 is 1.06 bits per heavy atom. The van der Waals surface area contributed by atoms with Gasteiger partial charge in [0.1, 0.15) is 5.78 Å². The van der Waals surface area contributed by atoms with Crippen molar-refractivity contribution in [3.8, 4) is 0 Å². The molecular weight excluding hydrogens is 208 g/mol. The predicted octanol–water partition coefficient (Wildman–Crippen LogP) is 3.31. The fourth-order valence-electron chi connectivity index (χ4n) is 5.77. The molecule has 0 spiro atoms. The minimum Gasteiger partial charge on any atom is -0.299 e. The molecule has 17 heavy (non-hydrogen) atoms. The van der Waals surface area contributed by atoms with E-state index in [2.05, 4.69) is 26.0 Å². The molecule has 3 saturated carbocycles. The summed E-state index contributed by atoms with van der Waals surface area (Å²) in [5.41, 5.74) is 0. The molecule has 4 aliphatic rings. The second-order valence-electron chi connectivity index (χ2n) is 7.16. The summed E-state index contributed by atoms with van der Waals surface area (Å²) >= 11 is 0. The zero-order valence-corrected chi connectivity index (χ0v) is 10.8. The molecule has 92 valence electrons. The number of carbonyl (C=O) groups is 1. The van der Waals surface area contributed by atoms with Gasteiger partial charge < -0.3 is 0 Å². The van der Waals surface area contributed by atoms with Crippen molar-refractivity contribution in [2.75, 3.05) is 0 Å². The van der Waals surface area contributed by atoms with Gasteiger partial charge in [-0.1, -0.05) is 26.0 Å². The van der Waals surface area contributed by atoms with Crippen molar-refractivity contribution in [2.24, 2.45) is 47.3 Å². The van der Waals surface area contributed by atoms with E-state index in [1.807, 2.05) is 0 Å². The Hall–Kier alpha value is -0.590. The van der Waals surface area contributed by atoms with Crippen LogP contribution in [0.4, 0.5) is 0 Å². The van der Waals surface area contributed by atoms with Gasteiger partial charge in [0, 0.05) is 11.8 Å². The van der Waals surface area contributed by atoms with Crippen LogP contribution in [-0.4, -0.2) is 5.78 Å². The van der Waals surface area contributed by atoms with E-state index in [0.29, 0.717) is 11.7 Å². The smallest absolute Gasteiger partial charge is 0.138 e. The highest BCUT2D eigenvalue weighted by atomic mass is 16.1. The highest BCUT2D eigenvalue weighted by Gasteiger charge is 2.61. The lowest BCUT2D eigenvalue weighted by Gasteiger charge is -2.36. The first-order valence-corrected chi connectivity index (χ1v) is 7.39. The van der Waals surface area contributed by atoms with Crippen molar-refractivity contribution >= 4 is 5.78 Å². The average molecular weight is 230 g/mol. The summed E-state index contributed by atoms with van der Waals surface area (Å²) in [6, 6.07) is 0. The largest absolute Gasteiger partial charge is 0.299 e. The molecule has 0 amide bonds. The normalized spacial score (nSPS) is 53.7. The zero-order chi connectivity index (χ0) is 11.7. The lowest BCUT2D eigenvalue weighted by molar-refractivity contribution is -0.128. The maximum absolute atomic E-state index is 12.3. The van der Waals surface area contributed by atoms with Gasteiger partial charge in [-0.15, -0.1) is 0 Å². The molecule has 0 N–H and O–H groups in total. The molecule has 0 aromatic heterocycles. The van der Waals surface area contributed by atoms with Crippen LogP contribution < -0.4 is 0 Å². The van der Waals surface area contributed by atoms with Crippen molar-refractivity contribution < 1.29 is 4.79 Å². The van der Waals surface area contributed by atoms with Crippen LogP contribution >= 0.6 is 0 Å². The molecule has 7 atom stereocenters. The van der Waals surface area contributed by atoms with E-state index in [9.17, 15) is 4.79 Å². The minimum atomic E-state index is 0.243. The summed E-state index contributed by atoms with van der Waals surface area (Å²) in [6.07, 6.45) is 8.94. The number of carbonyl (C=O) groups excluding carboxylic acids is 1. The number of ketones is 1. The second-order valence-corrected chi connectivity index (χ2v) is 7.16. The van der Waals surface area contributed by atoms with Crippen molar-refractivity contribution in [3.63, 3.8) is 0 Å². The van der Waals surface area contributed by atoms with Gasteiger partial charge in [0.15, 0.2) is 0 Å². The molecule has 0 heterocycles. The SMILES string of the molecule is CC(C)C(=O)C1CC2CC1C1C3C=CC(C3)C21. The zero-order valence-electron chi connectivity index (χ0n) is 10.8. The van der Waals surface area contributed by atoms with Gasteiger partial charge in [-0.25, -0.2) is 0 Å². The van der Waals surface area contributed by atoms with E-state index in [1.54, 1.807) is 0 Å². The van der Waals surface area contributed by atoms with Crippen molar-refractivity contribution in [2.45, 2.75) is 33.1 Å². The average Bonchev–Trinajstić information content (AvgIpc) is 3.04. The highest BCUT2D eigenvalue weighted by molar-refractivity contribution is 5.83. The number of rotatable bonds is 2. The summed E-state index contributed by atoms with van der Waals surface area (Å²) in [5.74, 6) is 6.43. The van der Waals surface area contributed by atoms with Crippen molar-refractivity contribution in [3.05, 3.63) is 12.2 Å².